The molecule has 1 aliphatic heterocycles. The van der Waals surface area contributed by atoms with E-state index in [1.165, 1.54) is 0 Å². The van der Waals surface area contributed by atoms with Crippen LogP contribution in [-0.2, 0) is 0 Å². The Hall–Kier alpha value is -2.63. The van der Waals surface area contributed by atoms with Gasteiger partial charge in [-0.2, -0.15) is 0 Å². The molecule has 4 rings (SSSR count). The lowest BCUT2D eigenvalue weighted by Gasteiger charge is -2.35. The standard InChI is InChI=1S/C21H18Cl2N4O/c22-17-6-4-15(5-7-17)19-8-9-20(25-24-19)26-10-12-27(13-11-26)21(28)16-2-1-3-18(23)14-16/h1-9,14H,10-13H2. The highest BCUT2D eigenvalue weighted by molar-refractivity contribution is 6.31. The fourth-order valence-corrected chi connectivity index (χ4v) is 3.53. The summed E-state index contributed by atoms with van der Waals surface area (Å²) in [6.07, 6.45) is 0. The summed E-state index contributed by atoms with van der Waals surface area (Å²) in [5.74, 6) is 0.818. The van der Waals surface area contributed by atoms with Gasteiger partial charge in [0.1, 0.15) is 0 Å². The van der Waals surface area contributed by atoms with Crippen molar-refractivity contribution in [1.29, 1.82) is 0 Å². The molecule has 0 bridgehead atoms. The van der Waals surface area contributed by atoms with Crippen LogP contribution < -0.4 is 4.90 Å². The van der Waals surface area contributed by atoms with Crippen molar-refractivity contribution in [2.75, 3.05) is 31.1 Å². The van der Waals surface area contributed by atoms with Crippen molar-refractivity contribution in [1.82, 2.24) is 15.1 Å². The van der Waals surface area contributed by atoms with Gasteiger partial charge in [-0.15, -0.1) is 10.2 Å². The Labute approximate surface area is 173 Å². The molecule has 3 aromatic rings. The Morgan fingerprint density at radius 1 is 0.821 bits per heavy atom. The summed E-state index contributed by atoms with van der Waals surface area (Å²) < 4.78 is 0. The summed E-state index contributed by atoms with van der Waals surface area (Å²) in [4.78, 5) is 16.6. The number of piperazine rings is 1. The van der Waals surface area contributed by atoms with E-state index < -0.39 is 0 Å². The number of benzene rings is 2. The molecule has 5 nitrogen and oxygen atoms in total. The molecule has 28 heavy (non-hydrogen) atoms. The fourth-order valence-electron chi connectivity index (χ4n) is 3.21. The Morgan fingerprint density at radius 3 is 2.21 bits per heavy atom. The normalized spacial score (nSPS) is 14.2. The van der Waals surface area contributed by atoms with Gasteiger partial charge in [0, 0.05) is 47.4 Å². The van der Waals surface area contributed by atoms with Crippen LogP contribution in [0.15, 0.2) is 60.7 Å². The Kier molecular flexibility index (Phi) is 5.46. The summed E-state index contributed by atoms with van der Waals surface area (Å²) in [5.41, 5.74) is 2.39. The van der Waals surface area contributed by atoms with E-state index in [0.29, 0.717) is 41.8 Å². The van der Waals surface area contributed by atoms with Gasteiger partial charge in [-0.25, -0.2) is 0 Å². The molecule has 1 aliphatic rings. The van der Waals surface area contributed by atoms with Gasteiger partial charge in [0.2, 0.25) is 0 Å². The molecule has 0 unspecified atom stereocenters. The van der Waals surface area contributed by atoms with Gasteiger partial charge in [0.25, 0.3) is 5.91 Å². The van der Waals surface area contributed by atoms with Crippen LogP contribution in [0.1, 0.15) is 10.4 Å². The molecule has 1 saturated heterocycles. The Bertz CT molecular complexity index is 968. The molecule has 0 N–H and O–H groups in total. The summed E-state index contributed by atoms with van der Waals surface area (Å²) in [7, 11) is 0. The quantitative estimate of drug-likeness (QED) is 0.638. The number of carbonyl (C=O) groups excluding carboxylic acids is 1. The first kappa shape index (κ1) is 18.7. The molecule has 0 atom stereocenters. The average molecular weight is 413 g/mol. The van der Waals surface area contributed by atoms with Crippen molar-refractivity contribution in [2.24, 2.45) is 0 Å². The van der Waals surface area contributed by atoms with Gasteiger partial charge in [-0.1, -0.05) is 41.4 Å². The number of anilines is 1. The highest BCUT2D eigenvalue weighted by Gasteiger charge is 2.23. The minimum absolute atomic E-state index is 0.00585. The lowest BCUT2D eigenvalue weighted by molar-refractivity contribution is 0.0746. The highest BCUT2D eigenvalue weighted by Crippen LogP contribution is 2.21. The smallest absolute Gasteiger partial charge is 0.254 e. The predicted molar refractivity (Wildman–Crippen MR) is 112 cm³/mol. The van der Waals surface area contributed by atoms with E-state index in [2.05, 4.69) is 15.1 Å². The van der Waals surface area contributed by atoms with Crippen LogP contribution in [0.3, 0.4) is 0 Å². The number of aromatic nitrogens is 2. The van der Waals surface area contributed by atoms with Gasteiger partial charge < -0.3 is 9.80 Å². The molecule has 1 fully saturated rings. The molecule has 7 heteroatoms. The number of hydrogen-bond donors (Lipinski definition) is 0. The number of carbonyl (C=O) groups is 1. The van der Waals surface area contributed by atoms with Crippen molar-refractivity contribution in [3.63, 3.8) is 0 Å². The first-order valence-electron chi connectivity index (χ1n) is 8.99. The third-order valence-electron chi connectivity index (χ3n) is 4.75. The van der Waals surface area contributed by atoms with E-state index in [0.717, 1.165) is 17.1 Å². The molecule has 0 spiro atoms. The topological polar surface area (TPSA) is 49.3 Å². The van der Waals surface area contributed by atoms with Crippen molar-refractivity contribution >= 4 is 34.9 Å². The predicted octanol–water partition coefficient (Wildman–Crippen LogP) is 4.41. The second-order valence-corrected chi connectivity index (χ2v) is 7.45. The summed E-state index contributed by atoms with van der Waals surface area (Å²) in [6.45, 7) is 2.68. The zero-order valence-electron chi connectivity index (χ0n) is 15.1. The van der Waals surface area contributed by atoms with Crippen LogP contribution in [0, 0.1) is 0 Å². The molecular weight excluding hydrogens is 395 g/mol. The number of halogens is 2. The first-order chi connectivity index (χ1) is 13.6. The van der Waals surface area contributed by atoms with Crippen LogP contribution in [-0.4, -0.2) is 47.2 Å². The second-order valence-electron chi connectivity index (χ2n) is 6.57. The van der Waals surface area contributed by atoms with Crippen molar-refractivity contribution < 1.29 is 4.79 Å². The molecule has 1 amide bonds. The Morgan fingerprint density at radius 2 is 1.57 bits per heavy atom. The average Bonchev–Trinajstić information content (AvgIpc) is 2.74. The van der Waals surface area contributed by atoms with Crippen molar-refractivity contribution in [3.05, 3.63) is 76.3 Å². The number of amides is 1. The number of nitrogens with zero attached hydrogens (tertiary/aromatic N) is 4. The molecule has 1 aromatic heterocycles. The maximum Gasteiger partial charge on any atom is 0.254 e. The molecule has 0 saturated carbocycles. The summed E-state index contributed by atoms with van der Waals surface area (Å²) in [6, 6.07) is 18.5. The molecule has 2 aromatic carbocycles. The zero-order valence-corrected chi connectivity index (χ0v) is 16.6. The largest absolute Gasteiger partial charge is 0.352 e. The zero-order chi connectivity index (χ0) is 19.5. The van der Waals surface area contributed by atoms with E-state index in [9.17, 15) is 4.79 Å². The summed E-state index contributed by atoms with van der Waals surface area (Å²) in [5, 5.41) is 9.96. The van der Waals surface area contributed by atoms with Gasteiger partial charge in [0.05, 0.1) is 5.69 Å². The minimum Gasteiger partial charge on any atom is -0.352 e. The van der Waals surface area contributed by atoms with E-state index in [4.69, 9.17) is 23.2 Å². The van der Waals surface area contributed by atoms with Gasteiger partial charge >= 0.3 is 0 Å². The summed E-state index contributed by atoms with van der Waals surface area (Å²) >= 11 is 11.9. The highest BCUT2D eigenvalue weighted by atomic mass is 35.5. The molecular formula is C21H18Cl2N4O. The van der Waals surface area contributed by atoms with Crippen LogP contribution >= 0.6 is 23.2 Å². The lowest BCUT2D eigenvalue weighted by Crippen LogP contribution is -2.49. The third-order valence-corrected chi connectivity index (χ3v) is 5.24. The lowest BCUT2D eigenvalue weighted by atomic mass is 10.1. The van der Waals surface area contributed by atoms with E-state index in [1.54, 1.807) is 24.3 Å². The van der Waals surface area contributed by atoms with Gasteiger partial charge in [-0.3, -0.25) is 4.79 Å². The molecule has 142 valence electrons. The Balaban J connectivity index is 1.39. The first-order valence-corrected chi connectivity index (χ1v) is 9.75. The van der Waals surface area contributed by atoms with Crippen LogP contribution in [0.5, 0.6) is 0 Å². The van der Waals surface area contributed by atoms with Crippen LogP contribution in [0.4, 0.5) is 5.82 Å². The van der Waals surface area contributed by atoms with Crippen LogP contribution in [0.2, 0.25) is 10.0 Å². The number of rotatable bonds is 3. The van der Waals surface area contributed by atoms with Crippen molar-refractivity contribution in [2.45, 2.75) is 0 Å². The third kappa shape index (κ3) is 4.11. The molecule has 2 heterocycles. The minimum atomic E-state index is 0.00585. The monoisotopic (exact) mass is 412 g/mol. The van der Waals surface area contributed by atoms with E-state index in [-0.39, 0.29) is 5.91 Å². The maximum atomic E-state index is 12.6. The fraction of sp³-hybridized carbons (Fsp3) is 0.190. The SMILES string of the molecule is O=C(c1cccc(Cl)c1)N1CCN(c2ccc(-c3ccc(Cl)cc3)nn2)CC1. The van der Waals surface area contributed by atoms with E-state index in [1.807, 2.05) is 41.3 Å². The maximum absolute atomic E-state index is 12.6. The number of hydrogen-bond acceptors (Lipinski definition) is 4. The van der Waals surface area contributed by atoms with Gasteiger partial charge in [-0.05, 0) is 42.5 Å². The van der Waals surface area contributed by atoms with Gasteiger partial charge in [0.15, 0.2) is 5.82 Å². The second kappa shape index (κ2) is 8.17. The van der Waals surface area contributed by atoms with E-state index >= 15 is 0 Å². The van der Waals surface area contributed by atoms with Crippen molar-refractivity contribution in [3.8, 4) is 11.3 Å². The van der Waals surface area contributed by atoms with Crippen LogP contribution in [0.25, 0.3) is 11.3 Å². The molecule has 0 aliphatic carbocycles. The molecule has 0 radical (unpaired) electrons.